The van der Waals surface area contributed by atoms with Gasteiger partial charge in [0.05, 0.1) is 25.4 Å². The summed E-state index contributed by atoms with van der Waals surface area (Å²) in [5.41, 5.74) is 2.42. The van der Waals surface area contributed by atoms with Crippen molar-refractivity contribution in [2.45, 2.75) is 238 Å². The van der Waals surface area contributed by atoms with E-state index in [1.807, 2.05) is 0 Å². The second kappa shape index (κ2) is 20.0. The molecule has 1 spiro atoms. The molecule has 10 rings (SSSR count). The zero-order chi connectivity index (χ0) is 52.3. The van der Waals surface area contributed by atoms with Crippen molar-refractivity contribution < 1.29 is 41.4 Å². The van der Waals surface area contributed by atoms with Gasteiger partial charge in [0.2, 0.25) is 0 Å². The Kier molecular flexibility index (Phi) is 15.0. The molecule has 3 saturated carbocycles. The molecule has 0 radical (unpaired) electrons. The largest absolute Gasteiger partial charge is 0.414 e. The molecule has 73 heavy (non-hydrogen) atoms. The Morgan fingerprint density at radius 3 is 1.93 bits per heavy atom. The van der Waals surface area contributed by atoms with E-state index in [1.54, 1.807) is 5.57 Å². The van der Waals surface area contributed by atoms with Crippen LogP contribution in [0.15, 0.2) is 72.3 Å². The molecule has 8 aliphatic rings. The molecular weight excluding hydrogens is 961 g/mol. The molecule has 4 saturated heterocycles. The average molecular weight is 1060 g/mol. The summed E-state index contributed by atoms with van der Waals surface area (Å²) in [6.45, 7) is 36.1. The van der Waals surface area contributed by atoms with Crippen LogP contribution in [0.25, 0.3) is 0 Å². The standard InChI is InChI=1S/C61H96O9Si3/c1-38(2)72(39(3)4)68-55-52(37-64-71(58(11,12)13,46-22-18-16-19-23-46)47-24-20-17-21-25-47)66-57(54(62)56(55)69-73(70-72,40(5)6)41(7)8)65-45-29-31-59(14)44(34-45)26-27-48-49(59)30-32-60(15)50(48)35-51-53(60)43(10)61(67-51)33-28-42(9)36-63-61/h16-26,38-43,45,48-57,62H,27-37H2,1-15H3/t42-,43+,45+,48-,49+,50+,51+,52-,53+,54-,55-,56-,57-,59+,60+,61-/m1/s1. The number of benzene rings is 2. The maximum Gasteiger partial charge on any atom is 0.335 e. The summed E-state index contributed by atoms with van der Waals surface area (Å²) in [5.74, 6) is 3.20. The summed E-state index contributed by atoms with van der Waals surface area (Å²) in [7, 11) is -9.17. The summed E-state index contributed by atoms with van der Waals surface area (Å²) >= 11 is 0. The normalized spacial score (nSPS) is 41.3. The van der Waals surface area contributed by atoms with Gasteiger partial charge in [-0.25, -0.2) is 0 Å². The van der Waals surface area contributed by atoms with Crippen molar-refractivity contribution in [2.24, 2.45) is 46.3 Å². The van der Waals surface area contributed by atoms with Gasteiger partial charge in [0.25, 0.3) is 8.32 Å². The van der Waals surface area contributed by atoms with Crippen molar-refractivity contribution in [1.29, 1.82) is 0 Å². The predicted octanol–water partition coefficient (Wildman–Crippen LogP) is 12.7. The number of allylic oxidation sites excluding steroid dienone is 1. The number of hydrogen-bond acceptors (Lipinski definition) is 9. The van der Waals surface area contributed by atoms with Crippen LogP contribution in [0.3, 0.4) is 0 Å². The number of hydrogen-bond donors (Lipinski definition) is 1. The summed E-state index contributed by atoms with van der Waals surface area (Å²) in [4.78, 5) is 0. The lowest BCUT2D eigenvalue weighted by molar-refractivity contribution is -0.306. The third-order valence-electron chi connectivity index (χ3n) is 21.3. The Balaban J connectivity index is 0.948. The fourth-order valence-electron chi connectivity index (χ4n) is 17.4. The Morgan fingerprint density at radius 1 is 0.767 bits per heavy atom. The molecule has 4 aliphatic heterocycles. The molecule has 0 unspecified atom stereocenters. The van der Waals surface area contributed by atoms with E-state index in [4.69, 9.17) is 36.3 Å². The number of rotatable bonds is 11. The van der Waals surface area contributed by atoms with Crippen LogP contribution in [-0.4, -0.2) is 92.5 Å². The monoisotopic (exact) mass is 1060 g/mol. The van der Waals surface area contributed by atoms with Crippen molar-refractivity contribution in [1.82, 2.24) is 0 Å². The molecule has 7 fully saturated rings. The van der Waals surface area contributed by atoms with E-state index in [-0.39, 0.29) is 56.5 Å². The van der Waals surface area contributed by atoms with Gasteiger partial charge in [-0.15, -0.1) is 0 Å². The summed E-state index contributed by atoms with van der Waals surface area (Å²) in [6.07, 6.45) is 8.77. The van der Waals surface area contributed by atoms with Gasteiger partial charge in [0.15, 0.2) is 12.1 Å². The number of aliphatic hydroxyl groups excluding tert-OH is 1. The van der Waals surface area contributed by atoms with Crippen LogP contribution in [0, 0.1) is 46.3 Å². The lowest BCUT2D eigenvalue weighted by atomic mass is 9.47. The van der Waals surface area contributed by atoms with Gasteiger partial charge in [-0.2, -0.15) is 0 Å². The summed E-state index contributed by atoms with van der Waals surface area (Å²) in [6, 6.07) is 21.7. The van der Waals surface area contributed by atoms with E-state index in [2.05, 4.69) is 171 Å². The zero-order valence-corrected chi connectivity index (χ0v) is 50.7. The molecule has 4 heterocycles. The van der Waals surface area contributed by atoms with Crippen LogP contribution in [-0.2, 0) is 36.3 Å². The van der Waals surface area contributed by atoms with Crippen molar-refractivity contribution in [3.63, 3.8) is 0 Å². The molecule has 12 heteroatoms. The van der Waals surface area contributed by atoms with E-state index in [0.29, 0.717) is 41.6 Å². The molecule has 0 bridgehead atoms. The minimum Gasteiger partial charge on any atom is -0.414 e. The van der Waals surface area contributed by atoms with Crippen LogP contribution < -0.4 is 10.4 Å². The van der Waals surface area contributed by atoms with Gasteiger partial charge in [-0.05, 0) is 129 Å². The van der Waals surface area contributed by atoms with Gasteiger partial charge >= 0.3 is 17.1 Å². The Morgan fingerprint density at radius 2 is 1.37 bits per heavy atom. The SMILES string of the molecule is CC(C)[Si]1(C(C)C)O[C@@H]2[C@@H](O)[C@H](O[C@H]3CC[C@@]4(C)C(=CC[C@H]5[C@@H]6C[C@@H]7O[C@]8(CC[C@@H](C)CO8)[C@@H](C)[C@@H]7[C@@]6(C)CC[C@@H]54)C3)O[C@H](CO[Si](c3ccccc3)(c3ccccc3)C(C)(C)C)[C@H]2O[Si](C(C)C)(C(C)C)O1. The first-order valence-electron chi connectivity index (χ1n) is 29.3. The first kappa shape index (κ1) is 54.8. The third kappa shape index (κ3) is 8.83. The molecule has 2 aromatic carbocycles. The quantitative estimate of drug-likeness (QED) is 0.174. The highest BCUT2D eigenvalue weighted by atomic mass is 28.5. The highest BCUT2D eigenvalue weighted by Crippen LogP contribution is 2.71. The Bertz CT molecular complexity index is 2200. The summed E-state index contributed by atoms with van der Waals surface area (Å²) in [5, 5.41) is 15.2. The maximum absolute atomic E-state index is 13.0. The van der Waals surface area contributed by atoms with Gasteiger partial charge in [-0.1, -0.05) is 176 Å². The first-order valence-corrected chi connectivity index (χ1v) is 35.1. The van der Waals surface area contributed by atoms with Crippen LogP contribution in [0.1, 0.15) is 162 Å². The average Bonchev–Trinajstić information content (AvgIpc) is 3.70. The van der Waals surface area contributed by atoms with Crippen LogP contribution in [0.2, 0.25) is 27.2 Å². The summed E-state index contributed by atoms with van der Waals surface area (Å²) < 4.78 is 59.1. The van der Waals surface area contributed by atoms with E-state index in [0.717, 1.165) is 38.7 Å². The minimum absolute atomic E-state index is 0.103. The number of aliphatic hydroxyl groups is 1. The van der Waals surface area contributed by atoms with Crippen LogP contribution in [0.5, 0.6) is 0 Å². The highest BCUT2D eigenvalue weighted by Gasteiger charge is 2.70. The number of ether oxygens (including phenoxy) is 4. The van der Waals surface area contributed by atoms with Gasteiger partial charge in [0, 0.05) is 12.3 Å². The lowest BCUT2D eigenvalue weighted by Crippen LogP contribution is -2.69. The highest BCUT2D eigenvalue weighted by molar-refractivity contribution is 6.99. The van der Waals surface area contributed by atoms with Crippen LogP contribution >= 0.6 is 0 Å². The molecule has 2 aromatic rings. The second-order valence-electron chi connectivity index (χ2n) is 27.6. The Labute approximate surface area is 444 Å². The topological polar surface area (TPSA) is 94.1 Å². The van der Waals surface area contributed by atoms with Crippen molar-refractivity contribution in [2.75, 3.05) is 13.2 Å². The zero-order valence-electron chi connectivity index (χ0n) is 47.7. The van der Waals surface area contributed by atoms with E-state index >= 15 is 0 Å². The maximum atomic E-state index is 13.0. The fourth-order valence-corrected chi connectivity index (χ4v) is 33.3. The van der Waals surface area contributed by atoms with Crippen molar-refractivity contribution in [3.8, 4) is 0 Å². The van der Waals surface area contributed by atoms with Crippen LogP contribution in [0.4, 0.5) is 0 Å². The Hall–Kier alpha value is -1.53. The second-order valence-corrected chi connectivity index (χ2v) is 40.7. The van der Waals surface area contributed by atoms with E-state index in [1.165, 1.54) is 36.1 Å². The minimum atomic E-state index is -3.08. The predicted molar refractivity (Wildman–Crippen MR) is 298 cm³/mol. The molecule has 1 N–H and O–H groups in total. The molecule has 4 aliphatic carbocycles. The number of fused-ring (bicyclic) bond motifs is 8. The molecule has 0 aromatic heterocycles. The molecule has 9 nitrogen and oxygen atoms in total. The smallest absolute Gasteiger partial charge is 0.335 e. The molecule has 406 valence electrons. The molecule has 16 atom stereocenters. The fraction of sp³-hybridized carbons (Fsp3) is 0.770. The first-order chi connectivity index (χ1) is 34.5. The van der Waals surface area contributed by atoms with Gasteiger partial charge in [-0.3, -0.25) is 0 Å². The van der Waals surface area contributed by atoms with Gasteiger partial charge < -0.3 is 41.4 Å². The molecular formula is C61H96O9Si3. The van der Waals surface area contributed by atoms with Gasteiger partial charge in [0.1, 0.15) is 24.4 Å². The molecule has 0 amide bonds. The lowest BCUT2D eigenvalue weighted by Gasteiger charge is -2.58. The van der Waals surface area contributed by atoms with Crippen molar-refractivity contribution >= 4 is 35.8 Å². The van der Waals surface area contributed by atoms with Crippen molar-refractivity contribution in [3.05, 3.63) is 72.3 Å². The van der Waals surface area contributed by atoms with E-state index in [9.17, 15) is 5.11 Å². The van der Waals surface area contributed by atoms with E-state index < -0.39 is 56.1 Å². The third-order valence-corrected chi connectivity index (χ3v) is 36.6.